The van der Waals surface area contributed by atoms with Crippen LogP contribution in [0.2, 0.25) is 0 Å². The van der Waals surface area contributed by atoms with E-state index in [1.54, 1.807) is 0 Å². The fraction of sp³-hybridized carbons (Fsp3) is 0.409. The third-order valence-corrected chi connectivity index (χ3v) is 4.31. The molecule has 0 aliphatic carbocycles. The summed E-state index contributed by atoms with van der Waals surface area (Å²) in [5.74, 6) is 1.20. The molecule has 0 saturated carbocycles. The maximum absolute atomic E-state index is 11.1. The van der Waals surface area contributed by atoms with Gasteiger partial charge in [-0.2, -0.15) is 0 Å². The molecule has 6 nitrogen and oxygen atoms in total. The monoisotopic (exact) mass is 386 g/mol. The standard InChI is InChI=1S/C22H30N2O4/c1-16(2)13-23-14-21(25)20(24-22(26)27)12-17-8-10-19(11-9-17)28-15-18-6-4-3-5-7-18/h3-11,16,20-21,23-25H,12-15H2,1-2H3,(H,26,27)/t20-,21-/m0/s1. The fourth-order valence-corrected chi connectivity index (χ4v) is 2.82. The molecule has 0 aliphatic heterocycles. The molecule has 0 saturated heterocycles. The maximum atomic E-state index is 11.1. The molecular weight excluding hydrogens is 356 g/mol. The smallest absolute Gasteiger partial charge is 0.404 e. The first-order valence-corrected chi connectivity index (χ1v) is 9.58. The number of aliphatic hydroxyl groups excluding tert-OH is 1. The Morgan fingerprint density at radius 1 is 1.00 bits per heavy atom. The van der Waals surface area contributed by atoms with Gasteiger partial charge in [0.2, 0.25) is 0 Å². The van der Waals surface area contributed by atoms with Gasteiger partial charge in [0.05, 0.1) is 12.1 Å². The zero-order chi connectivity index (χ0) is 20.4. The molecule has 4 N–H and O–H groups in total. The zero-order valence-electron chi connectivity index (χ0n) is 16.5. The second kappa shape index (κ2) is 11.3. The molecule has 0 unspecified atom stereocenters. The van der Waals surface area contributed by atoms with E-state index in [2.05, 4.69) is 24.5 Å². The van der Waals surface area contributed by atoms with Gasteiger partial charge in [-0.1, -0.05) is 56.3 Å². The van der Waals surface area contributed by atoms with E-state index in [1.807, 2.05) is 54.6 Å². The van der Waals surface area contributed by atoms with Crippen LogP contribution in [-0.4, -0.2) is 41.5 Å². The highest BCUT2D eigenvalue weighted by Crippen LogP contribution is 2.16. The summed E-state index contributed by atoms with van der Waals surface area (Å²) in [6.45, 7) is 5.75. The van der Waals surface area contributed by atoms with Crippen LogP contribution in [0.3, 0.4) is 0 Å². The van der Waals surface area contributed by atoms with Gasteiger partial charge in [0.15, 0.2) is 0 Å². The van der Waals surface area contributed by atoms with Crippen molar-refractivity contribution in [1.29, 1.82) is 0 Å². The minimum absolute atomic E-state index is 0.335. The average Bonchev–Trinajstić information content (AvgIpc) is 2.67. The lowest BCUT2D eigenvalue weighted by molar-refractivity contribution is 0.117. The summed E-state index contributed by atoms with van der Waals surface area (Å²) in [4.78, 5) is 11.1. The summed E-state index contributed by atoms with van der Waals surface area (Å²) in [6, 6.07) is 16.8. The molecule has 2 atom stereocenters. The van der Waals surface area contributed by atoms with Crippen molar-refractivity contribution in [2.45, 2.75) is 39.0 Å². The summed E-state index contributed by atoms with van der Waals surface area (Å²) < 4.78 is 5.77. The van der Waals surface area contributed by atoms with Gasteiger partial charge in [0, 0.05) is 6.54 Å². The fourth-order valence-electron chi connectivity index (χ4n) is 2.82. The van der Waals surface area contributed by atoms with Crippen LogP contribution in [0.4, 0.5) is 4.79 Å². The molecular formula is C22H30N2O4. The van der Waals surface area contributed by atoms with Crippen LogP contribution in [0.25, 0.3) is 0 Å². The highest BCUT2D eigenvalue weighted by Gasteiger charge is 2.21. The minimum atomic E-state index is -1.14. The first-order valence-electron chi connectivity index (χ1n) is 9.58. The third-order valence-electron chi connectivity index (χ3n) is 4.31. The lowest BCUT2D eigenvalue weighted by Crippen LogP contribution is -2.48. The van der Waals surface area contributed by atoms with Gasteiger partial charge in [-0.05, 0) is 42.1 Å². The van der Waals surface area contributed by atoms with Gasteiger partial charge >= 0.3 is 6.09 Å². The molecule has 0 spiro atoms. The van der Waals surface area contributed by atoms with Gasteiger partial charge < -0.3 is 25.6 Å². The number of aliphatic hydroxyl groups is 1. The SMILES string of the molecule is CC(C)CNC[C@H](O)[C@H](Cc1ccc(OCc2ccccc2)cc1)NC(=O)O. The summed E-state index contributed by atoms with van der Waals surface area (Å²) in [7, 11) is 0. The van der Waals surface area contributed by atoms with Crippen LogP contribution in [0, 0.1) is 5.92 Å². The molecule has 0 fully saturated rings. The molecule has 0 bridgehead atoms. The van der Waals surface area contributed by atoms with E-state index in [1.165, 1.54) is 0 Å². The number of carbonyl (C=O) groups is 1. The largest absolute Gasteiger partial charge is 0.489 e. The lowest BCUT2D eigenvalue weighted by Gasteiger charge is -2.24. The molecule has 0 radical (unpaired) electrons. The maximum Gasteiger partial charge on any atom is 0.404 e. The Morgan fingerprint density at radius 3 is 2.29 bits per heavy atom. The van der Waals surface area contributed by atoms with Gasteiger partial charge in [-0.15, -0.1) is 0 Å². The Labute approximate surface area is 166 Å². The number of amides is 1. The van der Waals surface area contributed by atoms with E-state index in [0.717, 1.165) is 23.4 Å². The normalized spacial score (nSPS) is 13.1. The van der Waals surface area contributed by atoms with E-state index in [0.29, 0.717) is 25.5 Å². The van der Waals surface area contributed by atoms with Crippen molar-refractivity contribution in [2.75, 3.05) is 13.1 Å². The average molecular weight is 386 g/mol. The Morgan fingerprint density at radius 2 is 1.68 bits per heavy atom. The van der Waals surface area contributed by atoms with E-state index < -0.39 is 18.2 Å². The molecule has 0 aliphatic rings. The van der Waals surface area contributed by atoms with Crippen molar-refractivity contribution in [3.8, 4) is 5.75 Å². The Bertz CT molecular complexity index is 704. The van der Waals surface area contributed by atoms with E-state index >= 15 is 0 Å². The van der Waals surface area contributed by atoms with Crippen LogP contribution in [0.1, 0.15) is 25.0 Å². The van der Waals surface area contributed by atoms with Crippen molar-refractivity contribution in [3.63, 3.8) is 0 Å². The van der Waals surface area contributed by atoms with Crippen LogP contribution < -0.4 is 15.4 Å². The molecule has 2 aromatic carbocycles. The summed E-state index contributed by atoms with van der Waals surface area (Å²) in [5, 5.41) is 25.1. The summed E-state index contributed by atoms with van der Waals surface area (Å²) in [6.07, 6.45) is -1.56. The van der Waals surface area contributed by atoms with Crippen LogP contribution in [0.15, 0.2) is 54.6 Å². The molecule has 2 rings (SSSR count). The second-order valence-electron chi connectivity index (χ2n) is 7.30. The summed E-state index contributed by atoms with van der Waals surface area (Å²) in [5.41, 5.74) is 2.02. The molecule has 1 amide bonds. The van der Waals surface area contributed by atoms with Crippen LogP contribution in [-0.2, 0) is 13.0 Å². The van der Waals surface area contributed by atoms with Gasteiger partial charge in [0.1, 0.15) is 12.4 Å². The first-order chi connectivity index (χ1) is 13.4. The number of nitrogens with one attached hydrogen (secondary N) is 2. The minimum Gasteiger partial charge on any atom is -0.489 e. The van der Waals surface area contributed by atoms with Crippen LogP contribution in [0.5, 0.6) is 5.75 Å². The molecule has 2 aromatic rings. The Kier molecular flexibility index (Phi) is 8.78. The summed E-state index contributed by atoms with van der Waals surface area (Å²) >= 11 is 0. The number of carboxylic acid groups (broad SMARTS) is 1. The van der Waals surface area contributed by atoms with Crippen molar-refractivity contribution in [3.05, 3.63) is 65.7 Å². The number of hydrogen-bond donors (Lipinski definition) is 4. The van der Waals surface area contributed by atoms with E-state index in [9.17, 15) is 9.90 Å². The van der Waals surface area contributed by atoms with Crippen LogP contribution >= 0.6 is 0 Å². The van der Waals surface area contributed by atoms with Gasteiger partial charge in [0.25, 0.3) is 0 Å². The molecule has 0 heterocycles. The van der Waals surface area contributed by atoms with Gasteiger partial charge in [-0.25, -0.2) is 4.79 Å². The third kappa shape index (κ3) is 7.98. The van der Waals surface area contributed by atoms with E-state index in [-0.39, 0.29) is 0 Å². The zero-order valence-corrected chi connectivity index (χ0v) is 16.5. The molecule has 6 heteroatoms. The number of hydrogen-bond acceptors (Lipinski definition) is 4. The molecule has 152 valence electrons. The highest BCUT2D eigenvalue weighted by molar-refractivity contribution is 5.65. The number of benzene rings is 2. The quantitative estimate of drug-likeness (QED) is 0.477. The Balaban J connectivity index is 1.90. The second-order valence-corrected chi connectivity index (χ2v) is 7.30. The van der Waals surface area contributed by atoms with Crippen molar-refractivity contribution < 1.29 is 19.7 Å². The lowest BCUT2D eigenvalue weighted by atomic mass is 10.0. The van der Waals surface area contributed by atoms with Gasteiger partial charge in [-0.3, -0.25) is 0 Å². The van der Waals surface area contributed by atoms with Crippen molar-refractivity contribution in [1.82, 2.24) is 10.6 Å². The van der Waals surface area contributed by atoms with Crippen molar-refractivity contribution in [2.24, 2.45) is 5.92 Å². The molecule has 0 aromatic heterocycles. The Hall–Kier alpha value is -2.57. The van der Waals surface area contributed by atoms with Crippen molar-refractivity contribution >= 4 is 6.09 Å². The number of rotatable bonds is 11. The predicted octanol–water partition coefficient (Wildman–Crippen LogP) is 3.05. The number of ether oxygens (including phenoxy) is 1. The topological polar surface area (TPSA) is 90.8 Å². The first kappa shape index (κ1) is 21.7. The predicted molar refractivity (Wildman–Crippen MR) is 110 cm³/mol. The highest BCUT2D eigenvalue weighted by atomic mass is 16.5. The molecule has 28 heavy (non-hydrogen) atoms. The van der Waals surface area contributed by atoms with E-state index in [4.69, 9.17) is 9.84 Å².